The molecule has 2 atom stereocenters. The maximum atomic E-state index is 5.71. The summed E-state index contributed by atoms with van der Waals surface area (Å²) in [5, 5.41) is 3.64. The van der Waals surface area contributed by atoms with Gasteiger partial charge in [-0.15, -0.1) is 0 Å². The zero-order chi connectivity index (χ0) is 15.2. The molecule has 2 rings (SSSR count). The Labute approximate surface area is 135 Å². The van der Waals surface area contributed by atoms with Crippen molar-refractivity contribution in [2.75, 3.05) is 6.61 Å². The molecule has 0 saturated carbocycles. The topological polar surface area (TPSA) is 21.3 Å². The molecule has 0 aliphatic rings. The highest BCUT2D eigenvalue weighted by Gasteiger charge is 2.14. The standard InChI is InChI=1S/C18H22BrNO/c1-4-21-18-8-6-5-7-17(18)14(3)20-13(2)15-9-11-16(19)12-10-15/h5-14,20H,4H2,1-3H3/t13-,14?/m0/s1. The van der Waals surface area contributed by atoms with Gasteiger partial charge in [0.1, 0.15) is 5.75 Å². The number of para-hydroxylation sites is 1. The van der Waals surface area contributed by atoms with Gasteiger partial charge in [0, 0.05) is 22.1 Å². The molecule has 1 unspecified atom stereocenters. The number of hydrogen-bond acceptors (Lipinski definition) is 2. The second-order valence-corrected chi connectivity index (χ2v) is 6.05. The zero-order valence-electron chi connectivity index (χ0n) is 12.8. The quantitative estimate of drug-likeness (QED) is 0.769. The molecule has 0 amide bonds. The van der Waals surface area contributed by atoms with Gasteiger partial charge in [0.15, 0.2) is 0 Å². The van der Waals surface area contributed by atoms with Gasteiger partial charge < -0.3 is 10.1 Å². The predicted molar refractivity (Wildman–Crippen MR) is 91.7 cm³/mol. The van der Waals surface area contributed by atoms with Crippen LogP contribution < -0.4 is 10.1 Å². The van der Waals surface area contributed by atoms with Gasteiger partial charge in [-0.3, -0.25) is 0 Å². The Morgan fingerprint density at radius 1 is 1.00 bits per heavy atom. The van der Waals surface area contributed by atoms with Gasteiger partial charge in [-0.1, -0.05) is 46.3 Å². The first-order valence-corrected chi connectivity index (χ1v) is 8.14. The summed E-state index contributed by atoms with van der Waals surface area (Å²) in [5.74, 6) is 0.961. The van der Waals surface area contributed by atoms with Crippen molar-refractivity contribution >= 4 is 15.9 Å². The highest BCUT2D eigenvalue weighted by molar-refractivity contribution is 9.10. The van der Waals surface area contributed by atoms with Gasteiger partial charge >= 0.3 is 0 Å². The van der Waals surface area contributed by atoms with Gasteiger partial charge in [-0.2, -0.15) is 0 Å². The van der Waals surface area contributed by atoms with E-state index in [0.717, 1.165) is 10.2 Å². The molecule has 0 aliphatic heterocycles. The third-order valence-corrected chi connectivity index (χ3v) is 4.08. The first-order chi connectivity index (χ1) is 10.1. The molecule has 0 aromatic heterocycles. The largest absolute Gasteiger partial charge is 0.494 e. The van der Waals surface area contributed by atoms with Crippen LogP contribution >= 0.6 is 15.9 Å². The monoisotopic (exact) mass is 347 g/mol. The number of benzene rings is 2. The third-order valence-electron chi connectivity index (χ3n) is 3.56. The lowest BCUT2D eigenvalue weighted by atomic mass is 10.0. The second-order valence-electron chi connectivity index (χ2n) is 5.13. The van der Waals surface area contributed by atoms with Crippen molar-refractivity contribution in [3.63, 3.8) is 0 Å². The molecule has 0 radical (unpaired) electrons. The van der Waals surface area contributed by atoms with Gasteiger partial charge in [-0.25, -0.2) is 0 Å². The Balaban J connectivity index is 2.10. The van der Waals surface area contributed by atoms with Crippen LogP contribution in [-0.4, -0.2) is 6.61 Å². The summed E-state index contributed by atoms with van der Waals surface area (Å²) < 4.78 is 6.82. The van der Waals surface area contributed by atoms with Gasteiger partial charge in [-0.05, 0) is 44.5 Å². The minimum absolute atomic E-state index is 0.228. The Kier molecular flexibility index (Phi) is 5.83. The Morgan fingerprint density at radius 3 is 2.33 bits per heavy atom. The van der Waals surface area contributed by atoms with Crippen molar-refractivity contribution in [2.45, 2.75) is 32.9 Å². The summed E-state index contributed by atoms with van der Waals surface area (Å²) >= 11 is 3.47. The summed E-state index contributed by atoms with van der Waals surface area (Å²) in [6, 6.07) is 17.2. The highest BCUT2D eigenvalue weighted by atomic mass is 79.9. The molecule has 0 fully saturated rings. The van der Waals surface area contributed by atoms with Crippen LogP contribution in [0.4, 0.5) is 0 Å². The van der Waals surface area contributed by atoms with Gasteiger partial charge in [0.05, 0.1) is 6.61 Å². The predicted octanol–water partition coefficient (Wildman–Crippen LogP) is 5.26. The fraction of sp³-hybridized carbons (Fsp3) is 0.333. The number of hydrogen-bond donors (Lipinski definition) is 1. The third kappa shape index (κ3) is 4.32. The van der Waals surface area contributed by atoms with E-state index in [-0.39, 0.29) is 12.1 Å². The molecule has 2 aromatic rings. The lowest BCUT2D eigenvalue weighted by Crippen LogP contribution is -2.23. The molecular formula is C18H22BrNO. The SMILES string of the molecule is CCOc1ccccc1C(C)N[C@@H](C)c1ccc(Br)cc1. The van der Waals surface area contributed by atoms with E-state index in [1.165, 1.54) is 11.1 Å². The van der Waals surface area contributed by atoms with Crippen LogP contribution in [0.1, 0.15) is 44.0 Å². The molecule has 21 heavy (non-hydrogen) atoms. The highest BCUT2D eigenvalue weighted by Crippen LogP contribution is 2.27. The fourth-order valence-electron chi connectivity index (χ4n) is 2.44. The number of halogens is 1. The summed E-state index contributed by atoms with van der Waals surface area (Å²) in [4.78, 5) is 0. The smallest absolute Gasteiger partial charge is 0.124 e. The molecule has 2 nitrogen and oxygen atoms in total. The van der Waals surface area contributed by atoms with E-state index in [0.29, 0.717) is 6.61 Å². The molecule has 0 aliphatic carbocycles. The maximum Gasteiger partial charge on any atom is 0.124 e. The van der Waals surface area contributed by atoms with E-state index in [1.807, 2.05) is 19.1 Å². The molecule has 0 saturated heterocycles. The first kappa shape index (κ1) is 16.1. The van der Waals surface area contributed by atoms with Crippen LogP contribution in [0.2, 0.25) is 0 Å². The van der Waals surface area contributed by atoms with Crippen molar-refractivity contribution in [2.24, 2.45) is 0 Å². The number of rotatable bonds is 6. The van der Waals surface area contributed by atoms with E-state index in [4.69, 9.17) is 4.74 Å². The maximum absolute atomic E-state index is 5.71. The lowest BCUT2D eigenvalue weighted by molar-refractivity contribution is 0.331. The van der Waals surface area contributed by atoms with Crippen LogP contribution in [0, 0.1) is 0 Å². The minimum Gasteiger partial charge on any atom is -0.494 e. The van der Waals surface area contributed by atoms with Crippen molar-refractivity contribution in [3.05, 3.63) is 64.1 Å². The molecule has 2 aromatic carbocycles. The minimum atomic E-state index is 0.228. The second kappa shape index (κ2) is 7.62. The van der Waals surface area contributed by atoms with Gasteiger partial charge in [0.2, 0.25) is 0 Å². The fourth-order valence-corrected chi connectivity index (χ4v) is 2.70. The van der Waals surface area contributed by atoms with E-state index in [9.17, 15) is 0 Å². The Hall–Kier alpha value is -1.32. The van der Waals surface area contributed by atoms with E-state index in [2.05, 4.69) is 71.5 Å². The summed E-state index contributed by atoms with van der Waals surface area (Å²) in [6.45, 7) is 7.06. The molecule has 0 heterocycles. The summed E-state index contributed by atoms with van der Waals surface area (Å²) in [7, 11) is 0. The summed E-state index contributed by atoms with van der Waals surface area (Å²) in [6.07, 6.45) is 0. The molecule has 3 heteroatoms. The lowest BCUT2D eigenvalue weighted by Gasteiger charge is -2.22. The molecule has 0 spiro atoms. The van der Waals surface area contributed by atoms with Crippen molar-refractivity contribution in [3.8, 4) is 5.75 Å². The Bertz CT molecular complexity index is 568. The molecule has 0 bridgehead atoms. The number of nitrogens with one attached hydrogen (secondary N) is 1. The molecular weight excluding hydrogens is 326 g/mol. The van der Waals surface area contributed by atoms with Crippen molar-refractivity contribution in [1.29, 1.82) is 0 Å². The normalized spacial score (nSPS) is 13.7. The first-order valence-electron chi connectivity index (χ1n) is 7.35. The zero-order valence-corrected chi connectivity index (χ0v) is 14.4. The van der Waals surface area contributed by atoms with E-state index < -0.39 is 0 Å². The average molecular weight is 348 g/mol. The molecule has 112 valence electrons. The van der Waals surface area contributed by atoms with Crippen LogP contribution in [0.25, 0.3) is 0 Å². The molecule has 1 N–H and O–H groups in total. The van der Waals surface area contributed by atoms with E-state index >= 15 is 0 Å². The van der Waals surface area contributed by atoms with Crippen molar-refractivity contribution in [1.82, 2.24) is 5.32 Å². The Morgan fingerprint density at radius 2 is 1.67 bits per heavy atom. The van der Waals surface area contributed by atoms with Crippen molar-refractivity contribution < 1.29 is 4.74 Å². The van der Waals surface area contributed by atoms with Crippen LogP contribution in [0.15, 0.2) is 53.0 Å². The van der Waals surface area contributed by atoms with Crippen LogP contribution in [-0.2, 0) is 0 Å². The van der Waals surface area contributed by atoms with Crippen LogP contribution in [0.5, 0.6) is 5.75 Å². The average Bonchev–Trinajstić information content (AvgIpc) is 2.48. The number of ether oxygens (including phenoxy) is 1. The van der Waals surface area contributed by atoms with Gasteiger partial charge in [0.25, 0.3) is 0 Å². The van der Waals surface area contributed by atoms with E-state index in [1.54, 1.807) is 0 Å². The van der Waals surface area contributed by atoms with Crippen LogP contribution in [0.3, 0.4) is 0 Å². The summed E-state index contributed by atoms with van der Waals surface area (Å²) in [5.41, 5.74) is 2.47.